The van der Waals surface area contributed by atoms with Crippen molar-refractivity contribution in [3.05, 3.63) is 162 Å². The number of rotatable bonds is 27. The lowest BCUT2D eigenvalue weighted by atomic mass is 9.96. The van der Waals surface area contributed by atoms with Gasteiger partial charge >= 0.3 is 12.1 Å². The van der Waals surface area contributed by atoms with Gasteiger partial charge in [0.1, 0.15) is 22.8 Å². The molecular weight excluding hydrogens is 992 g/mol. The van der Waals surface area contributed by atoms with Crippen LogP contribution in [-0.4, -0.2) is 39.1 Å². The Morgan fingerprint density at radius 1 is 0.623 bits per heavy atom. The lowest BCUT2D eigenvalue weighted by Gasteiger charge is -2.23. The third-order valence-corrected chi connectivity index (χ3v) is 14.9. The molecule has 6 aromatic carbocycles. The van der Waals surface area contributed by atoms with Crippen LogP contribution in [0.15, 0.2) is 138 Å². The number of aromatic carboxylic acids is 1. The van der Waals surface area contributed by atoms with E-state index in [4.69, 9.17) is 31.8 Å². The van der Waals surface area contributed by atoms with Gasteiger partial charge in [0.2, 0.25) is 0 Å². The maximum absolute atomic E-state index is 14.1. The first-order valence-electron chi connectivity index (χ1n) is 27.5. The number of carbonyl (C=O) groups is 1. The van der Waals surface area contributed by atoms with Crippen molar-refractivity contribution in [3.8, 4) is 45.2 Å². The van der Waals surface area contributed by atoms with Crippen molar-refractivity contribution < 1.29 is 37.3 Å². The maximum atomic E-state index is 14.1. The highest BCUT2D eigenvalue weighted by atomic mass is 32.1. The Kier molecular flexibility index (Phi) is 18.4. The second-order valence-electron chi connectivity index (χ2n) is 20.2. The topological polar surface area (TPSA) is 95.7 Å². The first-order valence-corrected chi connectivity index (χ1v) is 28.0. The number of nitrogens with zero attached hydrogens (tertiary/aromatic N) is 3. The van der Waals surface area contributed by atoms with Crippen molar-refractivity contribution in [1.29, 1.82) is 0 Å². The molecule has 0 saturated carbocycles. The van der Waals surface area contributed by atoms with Crippen molar-refractivity contribution in [3.63, 3.8) is 0 Å². The summed E-state index contributed by atoms with van der Waals surface area (Å²) >= 11 is 5.18. The summed E-state index contributed by atoms with van der Waals surface area (Å²) in [5.41, 5.74) is 6.76. The van der Waals surface area contributed by atoms with Crippen LogP contribution in [0.2, 0.25) is 0 Å². The zero-order valence-corrected chi connectivity index (χ0v) is 45.0. The summed E-state index contributed by atoms with van der Waals surface area (Å²) < 4.78 is 62.9. The van der Waals surface area contributed by atoms with Crippen molar-refractivity contribution >= 4 is 52.1 Å². The number of unbranched alkanes of at least 4 members (excludes halogenated alkanes) is 14. The zero-order chi connectivity index (χ0) is 53.7. The Hall–Kier alpha value is -7.05. The Morgan fingerprint density at radius 2 is 1.26 bits per heavy atom. The van der Waals surface area contributed by atoms with Gasteiger partial charge in [0.25, 0.3) is 0 Å². The van der Waals surface area contributed by atoms with Crippen LogP contribution >= 0.6 is 12.6 Å². The molecule has 400 valence electrons. The fourth-order valence-electron chi connectivity index (χ4n) is 10.4. The van der Waals surface area contributed by atoms with Gasteiger partial charge in [-0.3, -0.25) is 0 Å². The summed E-state index contributed by atoms with van der Waals surface area (Å²) in [7, 11) is 0. The van der Waals surface area contributed by atoms with Crippen molar-refractivity contribution in [2.75, 3.05) is 13.2 Å². The lowest BCUT2D eigenvalue weighted by Crippen LogP contribution is -2.17. The van der Waals surface area contributed by atoms with E-state index in [2.05, 4.69) is 73.6 Å². The van der Waals surface area contributed by atoms with E-state index in [9.17, 15) is 23.1 Å². The Labute approximate surface area is 455 Å². The number of aromatic nitrogens is 3. The molecule has 1 N–H and O–H groups in total. The van der Waals surface area contributed by atoms with Crippen LogP contribution in [0.25, 0.3) is 61.4 Å². The molecule has 12 heteroatoms. The van der Waals surface area contributed by atoms with Gasteiger partial charge in [0.05, 0.1) is 36.1 Å². The predicted octanol–water partition coefficient (Wildman–Crippen LogP) is 18.6. The monoisotopic (exact) mass is 1060 g/mol. The number of carboxylic acids is 1. The minimum Gasteiger partial charge on any atom is -0.493 e. The number of benzene rings is 6. The minimum atomic E-state index is -4.94. The third kappa shape index (κ3) is 13.4. The van der Waals surface area contributed by atoms with E-state index in [1.54, 1.807) is 6.07 Å². The lowest BCUT2D eigenvalue weighted by molar-refractivity contribution is -0.143. The van der Waals surface area contributed by atoms with Crippen molar-refractivity contribution in [2.24, 2.45) is 0 Å². The standard InChI is InChI=1S/C65H68F3N3O5S/c1-3-5-7-9-11-13-15-21-35-74-50-31-33-52(60(42-50)75-36-22-16-14-12-10-8-6-4-2)46-29-32-54(61(77)41-46)55-39-44-23-17-18-25-53(44)62(55)76-59-26-20-19-24-51(59)45-27-28-47-37-48-38-49(30-34-57(48)70-58(47)40-45)71-63(65(66,67)68)56(43-69-71)64(72)73/h17-20,23-34,37-43,62,77H,3-16,21-22,35-36H2,1-2H3,(H,72,73). The highest BCUT2D eigenvalue weighted by Gasteiger charge is 2.41. The number of para-hydroxylation sites is 1. The molecule has 2 aromatic heterocycles. The number of hydrogen-bond donors (Lipinski definition) is 2. The number of halogens is 3. The van der Waals surface area contributed by atoms with Crippen LogP contribution in [0.5, 0.6) is 17.2 Å². The largest absolute Gasteiger partial charge is 0.493 e. The molecule has 2 heterocycles. The number of carboxylic acid groups (broad SMARTS) is 1. The fourth-order valence-corrected chi connectivity index (χ4v) is 10.7. The summed E-state index contributed by atoms with van der Waals surface area (Å²) in [4.78, 5) is 17.4. The summed E-state index contributed by atoms with van der Waals surface area (Å²) in [5.74, 6) is 0.593. The molecule has 1 aliphatic rings. The van der Waals surface area contributed by atoms with Gasteiger partial charge in [0.15, 0.2) is 11.8 Å². The molecule has 1 atom stereocenters. The summed E-state index contributed by atoms with van der Waals surface area (Å²) in [6.45, 7) is 5.83. The first-order chi connectivity index (χ1) is 37.5. The smallest absolute Gasteiger partial charge is 0.434 e. The van der Waals surface area contributed by atoms with Crippen molar-refractivity contribution in [2.45, 2.75) is 134 Å². The first kappa shape index (κ1) is 54.7. The summed E-state index contributed by atoms with van der Waals surface area (Å²) in [6.07, 6.45) is 17.3. The predicted molar refractivity (Wildman–Crippen MR) is 307 cm³/mol. The van der Waals surface area contributed by atoms with Gasteiger partial charge in [0, 0.05) is 44.0 Å². The SMILES string of the molecule is CCCCCCCCCCOc1ccc(-c2ccc(C3=Cc4ccccc4C3Oc3ccccc3-c3ccc4cc5cc(-n6ncc(C(=O)O)c6C(F)(F)F)ccc5nc4c3)c(S)c2)c(OCCCCCCCCCC)c1. The molecule has 0 bridgehead atoms. The highest BCUT2D eigenvalue weighted by molar-refractivity contribution is 7.80. The van der Waals surface area contributed by atoms with Crippen LogP contribution in [0, 0.1) is 0 Å². The van der Waals surface area contributed by atoms with Gasteiger partial charge in [-0.05, 0) is 95.8 Å². The van der Waals surface area contributed by atoms with E-state index in [-0.39, 0.29) is 5.69 Å². The van der Waals surface area contributed by atoms with Crippen molar-refractivity contribution in [1.82, 2.24) is 14.8 Å². The molecular formula is C65H68F3N3O5S. The molecule has 8 aromatic rings. The van der Waals surface area contributed by atoms with E-state index in [1.807, 2.05) is 60.7 Å². The van der Waals surface area contributed by atoms with Crippen LogP contribution in [-0.2, 0) is 6.18 Å². The average Bonchev–Trinajstić information content (AvgIpc) is 4.11. The minimum absolute atomic E-state index is 0.0623. The van der Waals surface area contributed by atoms with Crippen LogP contribution < -0.4 is 14.2 Å². The number of alkyl halides is 3. The molecule has 8 nitrogen and oxygen atoms in total. The molecule has 0 fully saturated rings. The van der Waals surface area contributed by atoms with E-state index >= 15 is 0 Å². The quantitative estimate of drug-likeness (QED) is 0.0301. The van der Waals surface area contributed by atoms with Gasteiger partial charge in [-0.25, -0.2) is 14.5 Å². The second kappa shape index (κ2) is 25.9. The average molecular weight is 1060 g/mol. The van der Waals surface area contributed by atoms with Crippen LogP contribution in [0.4, 0.5) is 13.2 Å². The normalized spacial score (nSPS) is 13.3. The summed E-state index contributed by atoms with van der Waals surface area (Å²) in [5, 5.41) is 14.6. The van der Waals surface area contributed by atoms with E-state index < -0.39 is 29.5 Å². The van der Waals surface area contributed by atoms with E-state index in [0.717, 1.165) is 85.6 Å². The molecule has 77 heavy (non-hydrogen) atoms. The van der Waals surface area contributed by atoms with E-state index in [1.165, 1.54) is 95.6 Å². The second-order valence-corrected chi connectivity index (χ2v) is 20.6. The number of pyridine rings is 1. The van der Waals surface area contributed by atoms with Gasteiger partial charge < -0.3 is 19.3 Å². The van der Waals surface area contributed by atoms with E-state index in [0.29, 0.717) is 46.3 Å². The van der Waals surface area contributed by atoms with Gasteiger partial charge in [-0.2, -0.15) is 18.3 Å². The van der Waals surface area contributed by atoms with Gasteiger partial charge in [-0.15, -0.1) is 12.6 Å². The molecule has 0 spiro atoms. The fraction of sp³-hybridized carbons (Fsp3) is 0.338. The molecule has 1 aliphatic carbocycles. The molecule has 9 rings (SSSR count). The molecule has 0 saturated heterocycles. The number of thiol groups is 1. The number of ether oxygens (including phenoxy) is 3. The Morgan fingerprint density at radius 3 is 1.97 bits per heavy atom. The van der Waals surface area contributed by atoms with Gasteiger partial charge in [-0.1, -0.05) is 170 Å². The van der Waals surface area contributed by atoms with Crippen LogP contribution in [0.3, 0.4) is 0 Å². The Bertz CT molecular complexity index is 3350. The molecule has 1 unspecified atom stereocenters. The molecule has 0 aliphatic heterocycles. The zero-order valence-electron chi connectivity index (χ0n) is 44.1. The number of hydrogen-bond acceptors (Lipinski definition) is 7. The highest BCUT2D eigenvalue weighted by Crippen LogP contribution is 2.47. The molecule has 0 amide bonds. The summed E-state index contributed by atoms with van der Waals surface area (Å²) in [6, 6.07) is 41.1. The molecule has 0 radical (unpaired) electrons. The Balaban J connectivity index is 0.944. The number of fused-ring (bicyclic) bond motifs is 3. The van der Waals surface area contributed by atoms with Crippen LogP contribution in [0.1, 0.15) is 155 Å². The third-order valence-electron chi connectivity index (χ3n) is 14.5. The maximum Gasteiger partial charge on any atom is 0.434 e.